The predicted molar refractivity (Wildman–Crippen MR) is 75.2 cm³/mol. The van der Waals surface area contributed by atoms with Gasteiger partial charge in [0.15, 0.2) is 0 Å². The Hall–Kier alpha value is -1.39. The number of nitrogens with two attached hydrogens (primary N) is 1. The Morgan fingerprint density at radius 3 is 2.37 bits per heavy atom. The minimum absolute atomic E-state index is 0.0392. The summed E-state index contributed by atoms with van der Waals surface area (Å²) in [6.07, 6.45) is 0. The van der Waals surface area contributed by atoms with Crippen molar-refractivity contribution in [1.29, 1.82) is 0 Å². The van der Waals surface area contributed by atoms with E-state index in [0.717, 1.165) is 10.5 Å². The zero-order chi connectivity index (χ0) is 13.8. The summed E-state index contributed by atoms with van der Waals surface area (Å²) < 4.78 is 27.1. The molecule has 0 heterocycles. The van der Waals surface area contributed by atoms with Crippen LogP contribution in [0.3, 0.4) is 0 Å². The Morgan fingerprint density at radius 2 is 1.74 bits per heavy atom. The van der Waals surface area contributed by atoms with E-state index in [-0.39, 0.29) is 5.56 Å². The summed E-state index contributed by atoms with van der Waals surface area (Å²) >= 11 is 1.50. The molecule has 1 atom stereocenters. The Balaban J connectivity index is 2.07. The Morgan fingerprint density at radius 1 is 1.11 bits per heavy atom. The van der Waals surface area contributed by atoms with Crippen molar-refractivity contribution in [2.24, 2.45) is 5.73 Å². The second kappa shape index (κ2) is 6.17. The molecule has 4 heteroatoms. The van der Waals surface area contributed by atoms with Crippen LogP contribution in [0.2, 0.25) is 0 Å². The van der Waals surface area contributed by atoms with Gasteiger partial charge in [0.1, 0.15) is 11.6 Å². The fourth-order valence-corrected chi connectivity index (χ4v) is 2.82. The normalized spacial score (nSPS) is 12.4. The topological polar surface area (TPSA) is 26.0 Å². The molecule has 0 bridgehead atoms. The lowest BCUT2D eigenvalue weighted by Gasteiger charge is -2.13. The first-order valence-electron chi connectivity index (χ1n) is 5.97. The Bertz CT molecular complexity index is 552. The van der Waals surface area contributed by atoms with E-state index in [0.29, 0.717) is 5.75 Å². The summed E-state index contributed by atoms with van der Waals surface area (Å²) in [4.78, 5) is 1.05. The lowest BCUT2D eigenvalue weighted by molar-refractivity contribution is 0.538. The number of rotatable bonds is 4. The largest absolute Gasteiger partial charge is 0.323 e. The highest BCUT2D eigenvalue weighted by molar-refractivity contribution is 7.99. The van der Waals surface area contributed by atoms with Crippen LogP contribution in [0.4, 0.5) is 8.78 Å². The number of benzene rings is 2. The van der Waals surface area contributed by atoms with Crippen LogP contribution in [0.1, 0.15) is 17.2 Å². The maximum atomic E-state index is 13.6. The number of aryl methyl sites for hydroxylation is 1. The van der Waals surface area contributed by atoms with Crippen LogP contribution >= 0.6 is 11.8 Å². The van der Waals surface area contributed by atoms with Crippen molar-refractivity contribution in [3.63, 3.8) is 0 Å². The molecule has 2 rings (SSSR count). The minimum Gasteiger partial charge on any atom is -0.323 e. The van der Waals surface area contributed by atoms with Gasteiger partial charge < -0.3 is 5.73 Å². The quantitative estimate of drug-likeness (QED) is 0.854. The molecule has 0 aliphatic heterocycles. The maximum absolute atomic E-state index is 13.6. The SMILES string of the molecule is Cc1cccc(SCC(N)c2c(F)cccc2F)c1. The molecule has 0 fully saturated rings. The standard InChI is InChI=1S/C15H15F2NS/c1-10-4-2-5-11(8-10)19-9-14(18)15-12(16)6-3-7-13(15)17/h2-8,14H,9,18H2,1H3. The summed E-state index contributed by atoms with van der Waals surface area (Å²) in [5.74, 6) is -0.740. The third kappa shape index (κ3) is 3.55. The first-order valence-corrected chi connectivity index (χ1v) is 6.95. The second-order valence-corrected chi connectivity index (χ2v) is 5.46. The van der Waals surface area contributed by atoms with Gasteiger partial charge in [0.25, 0.3) is 0 Å². The summed E-state index contributed by atoms with van der Waals surface area (Å²) in [6, 6.07) is 11.1. The van der Waals surface area contributed by atoms with Gasteiger partial charge in [0, 0.05) is 22.3 Å². The van der Waals surface area contributed by atoms with Gasteiger partial charge in [-0.3, -0.25) is 0 Å². The van der Waals surface area contributed by atoms with E-state index >= 15 is 0 Å². The summed E-state index contributed by atoms with van der Waals surface area (Å²) in [6.45, 7) is 2.00. The zero-order valence-electron chi connectivity index (χ0n) is 10.6. The van der Waals surface area contributed by atoms with Gasteiger partial charge in [-0.15, -0.1) is 11.8 Å². The molecule has 2 aromatic rings. The Kier molecular flexibility index (Phi) is 4.56. The van der Waals surface area contributed by atoms with Gasteiger partial charge in [-0.2, -0.15) is 0 Å². The minimum atomic E-state index is -0.660. The van der Waals surface area contributed by atoms with Gasteiger partial charge in [-0.25, -0.2) is 8.78 Å². The summed E-state index contributed by atoms with van der Waals surface area (Å²) in [5, 5.41) is 0. The maximum Gasteiger partial charge on any atom is 0.130 e. The van der Waals surface area contributed by atoms with Gasteiger partial charge >= 0.3 is 0 Å². The van der Waals surface area contributed by atoms with Crippen LogP contribution in [-0.2, 0) is 0 Å². The molecule has 0 amide bonds. The molecule has 0 saturated heterocycles. The summed E-state index contributed by atoms with van der Waals surface area (Å²) in [5.41, 5.74) is 6.99. The van der Waals surface area contributed by atoms with Crippen LogP contribution < -0.4 is 5.73 Å². The molecule has 1 unspecified atom stereocenters. The second-order valence-electron chi connectivity index (χ2n) is 4.37. The molecule has 1 nitrogen and oxygen atoms in total. The van der Waals surface area contributed by atoms with Crippen LogP contribution in [0.15, 0.2) is 47.4 Å². The Labute approximate surface area is 115 Å². The van der Waals surface area contributed by atoms with E-state index in [1.54, 1.807) is 0 Å². The third-order valence-electron chi connectivity index (χ3n) is 2.79. The lowest BCUT2D eigenvalue weighted by atomic mass is 10.1. The molecule has 100 valence electrons. The summed E-state index contributed by atoms with van der Waals surface area (Å²) in [7, 11) is 0. The van der Waals surface area contributed by atoms with Gasteiger partial charge in [0.2, 0.25) is 0 Å². The van der Waals surface area contributed by atoms with Crippen LogP contribution in [0.5, 0.6) is 0 Å². The van der Waals surface area contributed by atoms with Crippen LogP contribution in [0.25, 0.3) is 0 Å². The molecule has 2 aromatic carbocycles. The van der Waals surface area contributed by atoms with Crippen molar-refractivity contribution in [2.75, 3.05) is 5.75 Å². The van der Waals surface area contributed by atoms with Crippen molar-refractivity contribution in [1.82, 2.24) is 0 Å². The highest BCUT2D eigenvalue weighted by Gasteiger charge is 2.16. The molecule has 0 radical (unpaired) electrons. The van der Waals surface area contributed by atoms with E-state index in [1.165, 1.54) is 30.0 Å². The number of hydrogen-bond donors (Lipinski definition) is 1. The third-order valence-corrected chi connectivity index (χ3v) is 3.90. The van der Waals surface area contributed by atoms with E-state index in [9.17, 15) is 8.78 Å². The zero-order valence-corrected chi connectivity index (χ0v) is 11.4. The van der Waals surface area contributed by atoms with E-state index in [1.807, 2.05) is 31.2 Å². The molecule has 0 spiro atoms. The van der Waals surface area contributed by atoms with Crippen LogP contribution in [0, 0.1) is 18.6 Å². The lowest BCUT2D eigenvalue weighted by Crippen LogP contribution is -2.16. The fraction of sp³-hybridized carbons (Fsp3) is 0.200. The molecule has 0 aliphatic rings. The van der Waals surface area contributed by atoms with E-state index in [4.69, 9.17) is 5.73 Å². The first kappa shape index (κ1) is 14.0. The molecular formula is C15H15F2NS. The van der Waals surface area contributed by atoms with Crippen molar-refractivity contribution in [3.05, 3.63) is 65.2 Å². The number of thioether (sulfide) groups is 1. The average molecular weight is 279 g/mol. The van der Waals surface area contributed by atoms with E-state index in [2.05, 4.69) is 0 Å². The van der Waals surface area contributed by atoms with Crippen LogP contribution in [-0.4, -0.2) is 5.75 Å². The van der Waals surface area contributed by atoms with Crippen molar-refractivity contribution < 1.29 is 8.78 Å². The molecule has 0 aromatic heterocycles. The van der Waals surface area contributed by atoms with Crippen molar-refractivity contribution in [3.8, 4) is 0 Å². The first-order chi connectivity index (χ1) is 9.08. The number of halogens is 2. The monoisotopic (exact) mass is 279 g/mol. The molecule has 0 aliphatic carbocycles. The molecule has 0 saturated carbocycles. The van der Waals surface area contributed by atoms with E-state index < -0.39 is 17.7 Å². The van der Waals surface area contributed by atoms with Gasteiger partial charge in [0.05, 0.1) is 0 Å². The van der Waals surface area contributed by atoms with Gasteiger partial charge in [-0.05, 0) is 31.2 Å². The molecule has 19 heavy (non-hydrogen) atoms. The average Bonchev–Trinajstić information content (AvgIpc) is 2.36. The molecular weight excluding hydrogens is 264 g/mol. The highest BCUT2D eigenvalue weighted by Crippen LogP contribution is 2.26. The highest BCUT2D eigenvalue weighted by atomic mass is 32.2. The number of hydrogen-bond acceptors (Lipinski definition) is 2. The van der Waals surface area contributed by atoms with Crippen molar-refractivity contribution in [2.45, 2.75) is 17.9 Å². The van der Waals surface area contributed by atoms with Crippen molar-refractivity contribution >= 4 is 11.8 Å². The van der Waals surface area contributed by atoms with Gasteiger partial charge in [-0.1, -0.05) is 23.8 Å². The predicted octanol–water partition coefficient (Wildman–Crippen LogP) is 4.07. The fourth-order valence-electron chi connectivity index (χ4n) is 1.84. The smallest absolute Gasteiger partial charge is 0.130 e. The molecule has 2 N–H and O–H groups in total.